The Bertz CT molecular complexity index is 141. The molecule has 0 aromatic carbocycles. The Kier molecular flexibility index (Phi) is 4.89. The minimum absolute atomic E-state index is 0.114. The number of hydrogen-bond donors (Lipinski definition) is 1. The van der Waals surface area contributed by atoms with Gasteiger partial charge in [0.05, 0.1) is 5.60 Å². The molecule has 0 saturated heterocycles. The Balaban J connectivity index is 3.86. The Morgan fingerprint density at radius 3 is 1.85 bits per heavy atom. The van der Waals surface area contributed by atoms with Crippen LogP contribution in [0.3, 0.4) is 0 Å². The van der Waals surface area contributed by atoms with E-state index in [2.05, 4.69) is 0 Å². The van der Waals surface area contributed by atoms with Crippen LogP contribution in [0.15, 0.2) is 0 Å². The quantitative estimate of drug-likeness (QED) is 0.516. The van der Waals surface area contributed by atoms with E-state index in [0.29, 0.717) is 6.42 Å². The predicted molar refractivity (Wildman–Crippen MR) is 52.3 cm³/mol. The zero-order chi connectivity index (χ0) is 10.5. The highest BCUT2D eigenvalue weighted by molar-refractivity contribution is 4.67. The minimum Gasteiger partial charge on any atom is -0.396 e. The average Bonchev–Trinajstić information content (AvgIpc) is 2.02. The van der Waals surface area contributed by atoms with Crippen molar-refractivity contribution >= 4 is 0 Å². The molecule has 0 heterocycles. The van der Waals surface area contributed by atoms with Gasteiger partial charge >= 0.3 is 0 Å². The predicted octanol–water partition coefficient (Wildman–Crippen LogP) is 2.28. The summed E-state index contributed by atoms with van der Waals surface area (Å²) in [6, 6.07) is 0. The standard InChI is InChI=1S/C10H22O3/c1-6-9(2,3)12-13-10(4,5)7-8-11/h11H,6-8H2,1-5H3. The molecule has 0 fully saturated rings. The topological polar surface area (TPSA) is 38.7 Å². The first-order valence-electron chi connectivity index (χ1n) is 4.81. The van der Waals surface area contributed by atoms with E-state index in [1.54, 1.807) is 0 Å². The Hall–Kier alpha value is -0.120. The normalized spacial score (nSPS) is 13.4. The highest BCUT2D eigenvalue weighted by Gasteiger charge is 2.24. The lowest BCUT2D eigenvalue weighted by Gasteiger charge is -2.29. The van der Waals surface area contributed by atoms with Crippen molar-refractivity contribution in [1.82, 2.24) is 0 Å². The second-order valence-corrected chi connectivity index (χ2v) is 4.51. The first-order chi connectivity index (χ1) is 5.83. The summed E-state index contributed by atoms with van der Waals surface area (Å²) in [5.41, 5.74) is -0.673. The van der Waals surface area contributed by atoms with E-state index in [1.807, 2.05) is 34.6 Å². The van der Waals surface area contributed by atoms with Crippen LogP contribution >= 0.6 is 0 Å². The summed E-state index contributed by atoms with van der Waals surface area (Å²) in [5.74, 6) is 0. The summed E-state index contributed by atoms with van der Waals surface area (Å²) >= 11 is 0. The molecule has 0 bridgehead atoms. The van der Waals surface area contributed by atoms with Gasteiger partial charge in [-0.3, -0.25) is 0 Å². The molecule has 80 valence electrons. The SMILES string of the molecule is CCC(C)(C)OOC(C)(C)CCO. The molecule has 0 radical (unpaired) electrons. The largest absolute Gasteiger partial charge is 0.396 e. The van der Waals surface area contributed by atoms with Crippen LogP contribution in [0.4, 0.5) is 0 Å². The van der Waals surface area contributed by atoms with E-state index in [-0.39, 0.29) is 12.2 Å². The van der Waals surface area contributed by atoms with Crippen molar-refractivity contribution in [3.8, 4) is 0 Å². The van der Waals surface area contributed by atoms with E-state index in [1.165, 1.54) is 0 Å². The molecule has 0 atom stereocenters. The molecule has 1 N–H and O–H groups in total. The second kappa shape index (κ2) is 4.94. The molecule has 0 saturated carbocycles. The fraction of sp³-hybridized carbons (Fsp3) is 1.00. The monoisotopic (exact) mass is 190 g/mol. The van der Waals surface area contributed by atoms with E-state index in [9.17, 15) is 0 Å². The van der Waals surface area contributed by atoms with Crippen molar-refractivity contribution < 1.29 is 14.9 Å². The first kappa shape index (κ1) is 12.9. The molecule has 0 aliphatic heterocycles. The van der Waals surface area contributed by atoms with Crippen molar-refractivity contribution in [3.63, 3.8) is 0 Å². The lowest BCUT2D eigenvalue weighted by Crippen LogP contribution is -2.32. The molecule has 0 amide bonds. The summed E-state index contributed by atoms with van der Waals surface area (Å²) < 4.78 is 0. The lowest BCUT2D eigenvalue weighted by molar-refractivity contribution is -0.402. The van der Waals surface area contributed by atoms with E-state index in [0.717, 1.165) is 6.42 Å². The van der Waals surface area contributed by atoms with Crippen LogP contribution in [0.25, 0.3) is 0 Å². The zero-order valence-corrected chi connectivity index (χ0v) is 9.39. The molecule has 0 aliphatic rings. The van der Waals surface area contributed by atoms with Crippen LogP contribution in [-0.4, -0.2) is 22.9 Å². The Morgan fingerprint density at radius 1 is 1.00 bits per heavy atom. The van der Waals surface area contributed by atoms with Gasteiger partial charge in [-0.05, 0) is 34.1 Å². The molecule has 0 aliphatic carbocycles. The summed E-state index contributed by atoms with van der Waals surface area (Å²) in [7, 11) is 0. The second-order valence-electron chi connectivity index (χ2n) is 4.51. The summed E-state index contributed by atoms with van der Waals surface area (Å²) in [4.78, 5) is 10.6. The van der Waals surface area contributed by atoms with Gasteiger partial charge in [0.15, 0.2) is 0 Å². The smallest absolute Gasteiger partial charge is 0.100 e. The van der Waals surface area contributed by atoms with Gasteiger partial charge in [0.25, 0.3) is 0 Å². The number of rotatable bonds is 6. The highest BCUT2D eigenvalue weighted by atomic mass is 17.2. The molecule has 0 rings (SSSR count). The molecule has 3 heteroatoms. The van der Waals surface area contributed by atoms with E-state index in [4.69, 9.17) is 14.9 Å². The van der Waals surface area contributed by atoms with Gasteiger partial charge in [0, 0.05) is 13.0 Å². The number of aliphatic hydroxyl groups is 1. The van der Waals surface area contributed by atoms with Crippen LogP contribution < -0.4 is 0 Å². The summed E-state index contributed by atoms with van der Waals surface area (Å²) in [5, 5.41) is 8.75. The fourth-order valence-electron chi connectivity index (χ4n) is 0.595. The minimum atomic E-state index is -0.415. The van der Waals surface area contributed by atoms with Crippen LogP contribution in [0, 0.1) is 0 Å². The van der Waals surface area contributed by atoms with Crippen molar-refractivity contribution in [1.29, 1.82) is 0 Å². The van der Waals surface area contributed by atoms with Crippen molar-refractivity contribution in [2.45, 2.75) is 58.7 Å². The van der Waals surface area contributed by atoms with Gasteiger partial charge in [-0.1, -0.05) is 6.92 Å². The first-order valence-corrected chi connectivity index (χ1v) is 4.81. The third-order valence-electron chi connectivity index (χ3n) is 2.06. The van der Waals surface area contributed by atoms with Crippen LogP contribution in [0.2, 0.25) is 0 Å². The number of aliphatic hydroxyl groups excluding tert-OH is 1. The van der Waals surface area contributed by atoms with Crippen LogP contribution in [0.1, 0.15) is 47.5 Å². The zero-order valence-electron chi connectivity index (χ0n) is 9.39. The third-order valence-corrected chi connectivity index (χ3v) is 2.06. The summed E-state index contributed by atoms with van der Waals surface area (Å²) in [6.07, 6.45) is 1.47. The van der Waals surface area contributed by atoms with Crippen molar-refractivity contribution in [2.75, 3.05) is 6.61 Å². The molecule has 3 nitrogen and oxygen atoms in total. The van der Waals surface area contributed by atoms with Gasteiger partial charge in [-0.2, -0.15) is 0 Å². The molecule has 0 spiro atoms. The van der Waals surface area contributed by atoms with Crippen molar-refractivity contribution in [2.24, 2.45) is 0 Å². The van der Waals surface area contributed by atoms with Gasteiger partial charge in [0.2, 0.25) is 0 Å². The maximum absolute atomic E-state index is 8.75. The molecule has 13 heavy (non-hydrogen) atoms. The van der Waals surface area contributed by atoms with Crippen LogP contribution in [0.5, 0.6) is 0 Å². The van der Waals surface area contributed by atoms with Crippen molar-refractivity contribution in [3.05, 3.63) is 0 Å². The van der Waals surface area contributed by atoms with Gasteiger partial charge in [-0.15, -0.1) is 0 Å². The maximum atomic E-state index is 8.75. The highest BCUT2D eigenvalue weighted by Crippen LogP contribution is 2.21. The van der Waals surface area contributed by atoms with Gasteiger partial charge in [-0.25, -0.2) is 9.78 Å². The Labute approximate surface area is 81.0 Å². The number of hydrogen-bond acceptors (Lipinski definition) is 3. The molecule has 0 aromatic heterocycles. The maximum Gasteiger partial charge on any atom is 0.100 e. The Morgan fingerprint density at radius 2 is 1.46 bits per heavy atom. The van der Waals surface area contributed by atoms with E-state index < -0.39 is 5.60 Å². The average molecular weight is 190 g/mol. The van der Waals surface area contributed by atoms with Gasteiger partial charge in [0.1, 0.15) is 5.60 Å². The molecular weight excluding hydrogens is 168 g/mol. The fourth-order valence-corrected chi connectivity index (χ4v) is 0.595. The molecular formula is C10H22O3. The van der Waals surface area contributed by atoms with Crippen LogP contribution in [-0.2, 0) is 9.78 Å². The van der Waals surface area contributed by atoms with Gasteiger partial charge < -0.3 is 5.11 Å². The molecule has 0 unspecified atom stereocenters. The molecule has 0 aromatic rings. The summed E-state index contributed by atoms with van der Waals surface area (Å²) in [6.45, 7) is 9.90. The lowest BCUT2D eigenvalue weighted by atomic mass is 10.1. The third kappa shape index (κ3) is 6.02. The van der Waals surface area contributed by atoms with E-state index >= 15 is 0 Å².